The van der Waals surface area contributed by atoms with Crippen LogP contribution < -0.4 is 5.32 Å². The van der Waals surface area contributed by atoms with Gasteiger partial charge in [-0.2, -0.15) is 0 Å². The molecule has 0 bridgehead atoms. The fourth-order valence-electron chi connectivity index (χ4n) is 2.42. The van der Waals surface area contributed by atoms with Gasteiger partial charge in [0.25, 0.3) is 0 Å². The van der Waals surface area contributed by atoms with Crippen molar-refractivity contribution < 1.29 is 4.74 Å². The van der Waals surface area contributed by atoms with Gasteiger partial charge in [0.1, 0.15) is 0 Å². The molecule has 2 rings (SSSR count). The maximum atomic E-state index is 5.04. The predicted octanol–water partition coefficient (Wildman–Crippen LogP) is 2.69. The molecule has 1 aliphatic rings. The lowest BCUT2D eigenvalue weighted by atomic mass is 10.1. The lowest BCUT2D eigenvalue weighted by molar-refractivity contribution is 0.192. The summed E-state index contributed by atoms with van der Waals surface area (Å²) in [5.74, 6) is 0. The molecule has 16 heavy (non-hydrogen) atoms. The van der Waals surface area contributed by atoms with Crippen molar-refractivity contribution in [2.45, 2.75) is 31.7 Å². The van der Waals surface area contributed by atoms with Gasteiger partial charge in [0.15, 0.2) is 0 Å². The van der Waals surface area contributed by atoms with E-state index < -0.39 is 0 Å². The predicted molar refractivity (Wildman–Crippen MR) is 66.6 cm³/mol. The number of fused-ring (bicyclic) bond motifs is 1. The van der Waals surface area contributed by atoms with Crippen LogP contribution in [-0.2, 0) is 11.2 Å². The van der Waals surface area contributed by atoms with Crippen LogP contribution in [0.15, 0.2) is 24.3 Å². The molecule has 0 saturated carbocycles. The van der Waals surface area contributed by atoms with Crippen LogP contribution in [0.2, 0.25) is 0 Å². The summed E-state index contributed by atoms with van der Waals surface area (Å²) in [6.07, 6.45) is 4.83. The second-order valence-corrected chi connectivity index (χ2v) is 4.44. The van der Waals surface area contributed by atoms with Crippen LogP contribution in [0.5, 0.6) is 0 Å². The Morgan fingerprint density at radius 3 is 3.06 bits per heavy atom. The van der Waals surface area contributed by atoms with Gasteiger partial charge >= 0.3 is 0 Å². The van der Waals surface area contributed by atoms with E-state index in [2.05, 4.69) is 29.6 Å². The highest BCUT2D eigenvalue weighted by atomic mass is 16.5. The van der Waals surface area contributed by atoms with Gasteiger partial charge in [-0.3, -0.25) is 0 Å². The fourth-order valence-corrected chi connectivity index (χ4v) is 2.42. The SMILES string of the molecule is COCCCCNC1CCc2ccccc21. The van der Waals surface area contributed by atoms with E-state index in [1.807, 2.05) is 0 Å². The number of methoxy groups -OCH3 is 1. The molecule has 1 aliphatic carbocycles. The molecule has 0 saturated heterocycles. The molecule has 0 fully saturated rings. The smallest absolute Gasteiger partial charge is 0.0462 e. The zero-order valence-electron chi connectivity index (χ0n) is 10.0. The second kappa shape index (κ2) is 6.02. The zero-order chi connectivity index (χ0) is 11.2. The fraction of sp³-hybridized carbons (Fsp3) is 0.571. The molecule has 1 aromatic carbocycles. The number of aryl methyl sites for hydroxylation is 1. The Morgan fingerprint density at radius 1 is 1.31 bits per heavy atom. The van der Waals surface area contributed by atoms with Crippen LogP contribution in [0.4, 0.5) is 0 Å². The third-order valence-electron chi connectivity index (χ3n) is 3.30. The number of nitrogens with one attached hydrogen (secondary N) is 1. The first-order valence-electron chi connectivity index (χ1n) is 6.22. The highest BCUT2D eigenvalue weighted by Gasteiger charge is 2.20. The van der Waals surface area contributed by atoms with Crippen LogP contribution in [0.3, 0.4) is 0 Å². The summed E-state index contributed by atoms with van der Waals surface area (Å²) >= 11 is 0. The monoisotopic (exact) mass is 219 g/mol. The van der Waals surface area contributed by atoms with Crippen molar-refractivity contribution in [3.05, 3.63) is 35.4 Å². The molecule has 0 heterocycles. The van der Waals surface area contributed by atoms with Crippen molar-refractivity contribution in [1.29, 1.82) is 0 Å². The van der Waals surface area contributed by atoms with E-state index in [0.29, 0.717) is 6.04 Å². The van der Waals surface area contributed by atoms with E-state index in [9.17, 15) is 0 Å². The third kappa shape index (κ3) is 2.83. The van der Waals surface area contributed by atoms with Gasteiger partial charge < -0.3 is 10.1 Å². The summed E-state index contributed by atoms with van der Waals surface area (Å²) in [6, 6.07) is 9.37. The van der Waals surface area contributed by atoms with Gasteiger partial charge in [0.05, 0.1) is 0 Å². The van der Waals surface area contributed by atoms with Gasteiger partial charge in [-0.05, 0) is 43.4 Å². The van der Waals surface area contributed by atoms with E-state index in [4.69, 9.17) is 4.74 Å². The summed E-state index contributed by atoms with van der Waals surface area (Å²) < 4.78 is 5.04. The van der Waals surface area contributed by atoms with Crippen molar-refractivity contribution in [2.24, 2.45) is 0 Å². The first-order valence-corrected chi connectivity index (χ1v) is 6.22. The van der Waals surface area contributed by atoms with Gasteiger partial charge in [-0.15, -0.1) is 0 Å². The van der Waals surface area contributed by atoms with Crippen molar-refractivity contribution in [3.8, 4) is 0 Å². The third-order valence-corrected chi connectivity index (χ3v) is 3.30. The number of hydrogen-bond acceptors (Lipinski definition) is 2. The maximum Gasteiger partial charge on any atom is 0.0462 e. The molecule has 0 aliphatic heterocycles. The van der Waals surface area contributed by atoms with Crippen LogP contribution >= 0.6 is 0 Å². The molecule has 1 unspecified atom stereocenters. The lowest BCUT2D eigenvalue weighted by Gasteiger charge is -2.13. The molecule has 1 N–H and O–H groups in total. The molecule has 1 atom stereocenters. The molecule has 88 valence electrons. The minimum absolute atomic E-state index is 0.582. The summed E-state index contributed by atoms with van der Waals surface area (Å²) in [4.78, 5) is 0. The number of unbranched alkanes of at least 4 members (excludes halogenated alkanes) is 1. The van der Waals surface area contributed by atoms with Crippen LogP contribution in [0.1, 0.15) is 36.4 Å². The Hall–Kier alpha value is -0.860. The van der Waals surface area contributed by atoms with E-state index >= 15 is 0 Å². The first kappa shape index (κ1) is 11.6. The van der Waals surface area contributed by atoms with Crippen LogP contribution in [0, 0.1) is 0 Å². The summed E-state index contributed by atoms with van der Waals surface area (Å²) in [6.45, 7) is 1.98. The zero-order valence-corrected chi connectivity index (χ0v) is 10.0. The van der Waals surface area contributed by atoms with E-state index in [-0.39, 0.29) is 0 Å². The number of hydrogen-bond donors (Lipinski definition) is 1. The Kier molecular flexibility index (Phi) is 4.37. The van der Waals surface area contributed by atoms with Crippen molar-refractivity contribution in [3.63, 3.8) is 0 Å². The summed E-state index contributed by atoms with van der Waals surface area (Å²) in [5, 5.41) is 3.64. The summed E-state index contributed by atoms with van der Waals surface area (Å²) in [7, 11) is 1.76. The second-order valence-electron chi connectivity index (χ2n) is 4.44. The highest BCUT2D eigenvalue weighted by Crippen LogP contribution is 2.30. The Bertz CT molecular complexity index is 324. The van der Waals surface area contributed by atoms with Crippen LogP contribution in [-0.4, -0.2) is 20.3 Å². The molecule has 0 radical (unpaired) electrons. The molecule has 0 spiro atoms. The molecule has 0 amide bonds. The quantitative estimate of drug-likeness (QED) is 0.743. The standard InChI is InChI=1S/C14H21NO/c1-16-11-5-4-10-15-14-9-8-12-6-2-3-7-13(12)14/h2-3,6-7,14-15H,4-5,8-11H2,1H3. The number of rotatable bonds is 6. The summed E-state index contributed by atoms with van der Waals surface area (Å²) in [5.41, 5.74) is 3.03. The molecule has 2 nitrogen and oxygen atoms in total. The number of benzene rings is 1. The van der Waals surface area contributed by atoms with Crippen molar-refractivity contribution in [1.82, 2.24) is 5.32 Å². The average molecular weight is 219 g/mol. The molecular formula is C14H21NO. The average Bonchev–Trinajstić information content (AvgIpc) is 2.73. The lowest BCUT2D eigenvalue weighted by Crippen LogP contribution is -2.20. The van der Waals surface area contributed by atoms with E-state index in [1.165, 1.54) is 30.4 Å². The Morgan fingerprint density at radius 2 is 2.19 bits per heavy atom. The van der Waals surface area contributed by atoms with Gasteiger partial charge in [-0.1, -0.05) is 24.3 Å². The molecular weight excluding hydrogens is 198 g/mol. The minimum Gasteiger partial charge on any atom is -0.385 e. The van der Waals surface area contributed by atoms with E-state index in [0.717, 1.165) is 19.6 Å². The van der Waals surface area contributed by atoms with Crippen LogP contribution in [0.25, 0.3) is 0 Å². The molecule has 0 aromatic heterocycles. The van der Waals surface area contributed by atoms with Gasteiger partial charge in [0.2, 0.25) is 0 Å². The Balaban J connectivity index is 1.76. The molecule has 1 aromatic rings. The normalized spacial score (nSPS) is 18.7. The van der Waals surface area contributed by atoms with Crippen molar-refractivity contribution in [2.75, 3.05) is 20.3 Å². The van der Waals surface area contributed by atoms with Gasteiger partial charge in [0, 0.05) is 19.8 Å². The minimum atomic E-state index is 0.582. The highest BCUT2D eigenvalue weighted by molar-refractivity contribution is 5.34. The maximum absolute atomic E-state index is 5.04. The molecule has 2 heteroatoms. The first-order chi connectivity index (χ1) is 7.92. The largest absolute Gasteiger partial charge is 0.385 e. The Labute approximate surface area is 98.0 Å². The van der Waals surface area contributed by atoms with Gasteiger partial charge in [-0.25, -0.2) is 0 Å². The number of ether oxygens (including phenoxy) is 1. The van der Waals surface area contributed by atoms with E-state index in [1.54, 1.807) is 7.11 Å². The topological polar surface area (TPSA) is 21.3 Å². The van der Waals surface area contributed by atoms with Crippen molar-refractivity contribution >= 4 is 0 Å².